The van der Waals surface area contributed by atoms with Crippen LogP contribution in [0.25, 0.3) is 0 Å². The van der Waals surface area contributed by atoms with E-state index in [2.05, 4.69) is 11.9 Å². The minimum Gasteiger partial charge on any atom is -0.458 e. The van der Waals surface area contributed by atoms with Crippen molar-refractivity contribution < 1.29 is 71.7 Å². The van der Waals surface area contributed by atoms with Gasteiger partial charge in [0.05, 0.1) is 0 Å². The van der Waals surface area contributed by atoms with E-state index in [1.165, 1.54) is 69.4 Å². The van der Waals surface area contributed by atoms with Crippen LogP contribution in [0.1, 0.15) is 115 Å². The van der Waals surface area contributed by atoms with Crippen LogP contribution in [-0.4, -0.2) is 113 Å². The summed E-state index contributed by atoms with van der Waals surface area (Å²) in [6.45, 7) is 25.9. The zero-order valence-electron chi connectivity index (χ0n) is 38.0. The van der Waals surface area contributed by atoms with E-state index >= 15 is 4.79 Å². The van der Waals surface area contributed by atoms with E-state index in [-0.39, 0.29) is 25.3 Å². The van der Waals surface area contributed by atoms with Crippen LogP contribution in [-0.2, 0) is 68.2 Å². The number of hydrogen-bond donors (Lipinski definition) is 2. The first kappa shape index (κ1) is 50.3. The van der Waals surface area contributed by atoms with Crippen LogP contribution in [0.4, 0.5) is 4.79 Å². The maximum absolute atomic E-state index is 15.1. The maximum Gasteiger partial charge on any atom is 0.407 e. The molecule has 338 valence electrons. The van der Waals surface area contributed by atoms with Crippen molar-refractivity contribution in [2.75, 3.05) is 13.7 Å². The molecule has 16 nitrogen and oxygen atoms in total. The quantitative estimate of drug-likeness (QED) is 0.0896. The van der Waals surface area contributed by atoms with Crippen molar-refractivity contribution >= 4 is 30.0 Å². The summed E-state index contributed by atoms with van der Waals surface area (Å²) in [4.78, 5) is 70.5. The molecule has 0 saturated carbocycles. The Kier molecular flexibility index (Phi) is 15.5. The lowest BCUT2D eigenvalue weighted by atomic mass is 9.74. The number of methoxy groups -OCH3 is 1. The number of fused-ring (bicyclic) bond motifs is 2. The third kappa shape index (κ3) is 11.6. The number of benzene rings is 1. The molecule has 1 aromatic rings. The summed E-state index contributed by atoms with van der Waals surface area (Å²) in [5.41, 5.74) is -9.21. The molecule has 8 atom stereocenters. The first-order chi connectivity index (χ1) is 27.4. The molecule has 0 aromatic heterocycles. The molecule has 2 saturated heterocycles. The molecule has 60 heavy (non-hydrogen) atoms. The van der Waals surface area contributed by atoms with Crippen molar-refractivity contribution in [1.82, 2.24) is 5.32 Å². The molecule has 0 spiro atoms. The van der Waals surface area contributed by atoms with Crippen LogP contribution in [0.3, 0.4) is 0 Å². The lowest BCUT2D eigenvalue weighted by Gasteiger charge is -2.51. The largest absolute Gasteiger partial charge is 0.458 e. The number of esters is 4. The summed E-state index contributed by atoms with van der Waals surface area (Å²) >= 11 is 0. The Balaban J connectivity index is 2.45. The Labute approximate surface area is 354 Å². The SMILES string of the molecule is C=C(CC[C@@]12O[C@H](C(=O)OC(C)(C)C)[C@@](O)(C(=O)OC(C)(C)C)[C@@](C(=O)OC(C)(C)C)(O1)[C@H](OC(=O)NCC)[C@H]2OC(C)(C)OC)C(OC(C)=O)C(C)Cc1ccccc1. The van der Waals surface area contributed by atoms with Crippen LogP contribution in [0.15, 0.2) is 42.5 Å². The van der Waals surface area contributed by atoms with Gasteiger partial charge >= 0.3 is 30.0 Å². The van der Waals surface area contributed by atoms with Gasteiger partial charge in [0.25, 0.3) is 5.60 Å². The molecular formula is C44H67NO15. The maximum atomic E-state index is 15.1. The number of carbonyl (C=O) groups is 5. The van der Waals surface area contributed by atoms with E-state index in [1.807, 2.05) is 37.3 Å². The van der Waals surface area contributed by atoms with Crippen molar-refractivity contribution in [2.45, 2.75) is 180 Å². The summed E-state index contributed by atoms with van der Waals surface area (Å²) in [5.74, 6) is -9.12. The number of ether oxygens (including phenoxy) is 9. The first-order valence-corrected chi connectivity index (χ1v) is 20.2. The van der Waals surface area contributed by atoms with Crippen molar-refractivity contribution in [3.8, 4) is 0 Å². The molecule has 2 aliphatic rings. The smallest absolute Gasteiger partial charge is 0.407 e. The van der Waals surface area contributed by atoms with E-state index in [0.29, 0.717) is 12.0 Å². The van der Waals surface area contributed by atoms with E-state index in [1.54, 1.807) is 27.7 Å². The summed E-state index contributed by atoms with van der Waals surface area (Å²) in [6.07, 6.45) is -8.28. The summed E-state index contributed by atoms with van der Waals surface area (Å²) < 4.78 is 54.7. The molecule has 2 heterocycles. The van der Waals surface area contributed by atoms with Crippen molar-refractivity contribution in [3.63, 3.8) is 0 Å². The number of alkyl carbamates (subject to hydrolysis) is 1. The molecule has 0 aliphatic carbocycles. The Hall–Kier alpha value is -4.09. The normalized spacial score (nSPS) is 26.6. The Bertz CT molecular complexity index is 1720. The average molecular weight is 850 g/mol. The van der Waals surface area contributed by atoms with Gasteiger partial charge in [-0.05, 0) is 107 Å². The minimum atomic E-state index is -3.50. The van der Waals surface area contributed by atoms with Gasteiger partial charge in [-0.25, -0.2) is 19.2 Å². The molecule has 2 unspecified atom stereocenters. The average Bonchev–Trinajstić information content (AvgIpc) is 3.32. The van der Waals surface area contributed by atoms with Gasteiger partial charge in [-0.3, -0.25) is 4.79 Å². The van der Waals surface area contributed by atoms with Crippen LogP contribution < -0.4 is 5.32 Å². The highest BCUT2D eigenvalue weighted by molar-refractivity contribution is 6.00. The van der Waals surface area contributed by atoms with Gasteiger partial charge in [-0.1, -0.05) is 43.8 Å². The molecule has 16 heteroatoms. The Morgan fingerprint density at radius 3 is 1.92 bits per heavy atom. The van der Waals surface area contributed by atoms with Gasteiger partial charge in [0.15, 0.2) is 18.0 Å². The number of nitrogens with one attached hydrogen (secondary N) is 1. The predicted molar refractivity (Wildman–Crippen MR) is 217 cm³/mol. The number of carbonyl (C=O) groups excluding carboxylic acids is 5. The standard InChI is InChI=1S/C44H67NO15/c1-17-45-37(50)54-32-31(55-41(14,15)52-16)42(24-23-26(2)30(53-28(4)46)27(3)25-29-21-19-18-20-22-29)56-33(34(47)57-38(5,6)7)43(51,35(48)58-39(8,9)10)44(32,60-42)36(49)59-40(11,12)13/h18-22,27,30-33,51H,2,17,23-25H2,1,3-16H3,(H,45,50)/t27?,30?,31-,32-,33-,42-,43-,44-/m1/s1. The third-order valence-electron chi connectivity index (χ3n) is 9.60. The molecule has 3 rings (SSSR count). The van der Waals surface area contributed by atoms with Gasteiger partial charge in [-0.2, -0.15) is 0 Å². The first-order valence-electron chi connectivity index (χ1n) is 20.2. The molecule has 1 aromatic carbocycles. The molecule has 2 bridgehead atoms. The molecule has 2 fully saturated rings. The number of amides is 1. The fourth-order valence-electron chi connectivity index (χ4n) is 7.11. The fraction of sp³-hybridized carbons (Fsp3) is 0.705. The highest BCUT2D eigenvalue weighted by Gasteiger charge is 2.87. The van der Waals surface area contributed by atoms with Gasteiger partial charge in [-0.15, -0.1) is 0 Å². The Morgan fingerprint density at radius 1 is 0.867 bits per heavy atom. The number of aliphatic hydroxyl groups is 1. The highest BCUT2D eigenvalue weighted by atomic mass is 16.8. The van der Waals surface area contributed by atoms with Gasteiger partial charge < -0.3 is 53.1 Å². The lowest BCUT2D eigenvalue weighted by Crippen LogP contribution is -2.79. The van der Waals surface area contributed by atoms with Gasteiger partial charge in [0.1, 0.15) is 22.9 Å². The molecule has 2 aliphatic heterocycles. The van der Waals surface area contributed by atoms with Gasteiger partial charge in [0.2, 0.25) is 17.5 Å². The summed E-state index contributed by atoms with van der Waals surface area (Å²) in [5, 5.41) is 15.7. The number of hydrogen-bond acceptors (Lipinski definition) is 15. The van der Waals surface area contributed by atoms with Crippen LogP contribution in [0.5, 0.6) is 0 Å². The zero-order valence-corrected chi connectivity index (χ0v) is 38.0. The van der Waals surface area contributed by atoms with Crippen LogP contribution in [0, 0.1) is 5.92 Å². The molecule has 0 radical (unpaired) electrons. The van der Waals surface area contributed by atoms with Gasteiger partial charge in [0, 0.05) is 32.9 Å². The highest BCUT2D eigenvalue weighted by Crippen LogP contribution is 2.58. The second-order valence-electron chi connectivity index (χ2n) is 18.8. The Morgan fingerprint density at radius 2 is 1.42 bits per heavy atom. The van der Waals surface area contributed by atoms with Crippen molar-refractivity contribution in [3.05, 3.63) is 48.0 Å². The van der Waals surface area contributed by atoms with E-state index in [4.69, 9.17) is 42.6 Å². The predicted octanol–water partition coefficient (Wildman–Crippen LogP) is 5.64. The summed E-state index contributed by atoms with van der Waals surface area (Å²) in [7, 11) is 1.33. The van der Waals surface area contributed by atoms with Crippen LogP contribution in [0.2, 0.25) is 0 Å². The minimum absolute atomic E-state index is 0.0535. The topological polar surface area (TPSA) is 201 Å². The zero-order chi connectivity index (χ0) is 45.9. The third-order valence-corrected chi connectivity index (χ3v) is 9.60. The molecule has 1 amide bonds. The second-order valence-corrected chi connectivity index (χ2v) is 18.8. The molecule has 2 N–H and O–H groups in total. The second kappa shape index (κ2) is 18.5. The summed E-state index contributed by atoms with van der Waals surface area (Å²) in [6, 6.07) is 9.56. The van der Waals surface area contributed by atoms with E-state index in [0.717, 1.165) is 5.56 Å². The molecular weight excluding hydrogens is 782 g/mol. The fourth-order valence-corrected chi connectivity index (χ4v) is 7.11. The van der Waals surface area contributed by atoms with E-state index < -0.39 is 94.0 Å². The van der Waals surface area contributed by atoms with Crippen molar-refractivity contribution in [2.24, 2.45) is 5.92 Å². The van der Waals surface area contributed by atoms with Crippen LogP contribution >= 0.6 is 0 Å². The monoisotopic (exact) mass is 849 g/mol. The number of rotatable bonds is 16. The lowest BCUT2D eigenvalue weighted by molar-refractivity contribution is -0.387. The van der Waals surface area contributed by atoms with Crippen molar-refractivity contribution in [1.29, 1.82) is 0 Å². The van der Waals surface area contributed by atoms with E-state index in [9.17, 15) is 24.3 Å².